The van der Waals surface area contributed by atoms with Crippen LogP contribution >= 0.6 is 0 Å². The van der Waals surface area contributed by atoms with E-state index in [0.717, 1.165) is 13.0 Å². The molecule has 0 aromatic heterocycles. The number of piperazine rings is 1. The van der Waals surface area contributed by atoms with Crippen LogP contribution in [-0.2, 0) is 25.7 Å². The highest BCUT2D eigenvalue weighted by atomic mass is 16.8. The van der Waals surface area contributed by atoms with E-state index < -0.39 is 11.8 Å². The summed E-state index contributed by atoms with van der Waals surface area (Å²) in [5.41, 5.74) is 1.25. The lowest BCUT2D eigenvalue weighted by Crippen LogP contribution is -2.55. The number of amides is 1. The van der Waals surface area contributed by atoms with E-state index in [9.17, 15) is 9.59 Å². The molecule has 2 aliphatic heterocycles. The summed E-state index contributed by atoms with van der Waals surface area (Å²) in [6.07, 6.45) is 0.00290. The molecule has 2 aromatic carbocycles. The molecule has 1 saturated heterocycles. The smallest absolute Gasteiger partial charge is 0.492 e. The number of hydrogen-bond donors (Lipinski definition) is 0. The molecule has 1 unspecified atom stereocenters. The Balaban J connectivity index is 1.45. The SMILES string of the molecule is COCCCN1C(=O)COc2ccc(OCC3CN(OC(=O)OC(C)(C)C)CCN3Cc3ccccc3)cc21. The molecule has 0 N–H and O–H groups in total. The Bertz CT molecular complexity index is 1110. The van der Waals surface area contributed by atoms with Crippen molar-refractivity contribution in [3.8, 4) is 11.5 Å². The Labute approximate surface area is 230 Å². The number of carbonyl (C=O) groups is 2. The third kappa shape index (κ3) is 8.32. The van der Waals surface area contributed by atoms with Gasteiger partial charge in [0.1, 0.15) is 23.7 Å². The number of benzene rings is 2. The van der Waals surface area contributed by atoms with E-state index in [1.165, 1.54) is 5.56 Å². The summed E-state index contributed by atoms with van der Waals surface area (Å²) in [4.78, 5) is 34.4. The first-order valence-corrected chi connectivity index (χ1v) is 13.3. The van der Waals surface area contributed by atoms with Gasteiger partial charge in [0.05, 0.1) is 18.3 Å². The highest BCUT2D eigenvalue weighted by Crippen LogP contribution is 2.35. The number of anilines is 1. The second kappa shape index (κ2) is 13.1. The van der Waals surface area contributed by atoms with Crippen molar-refractivity contribution in [2.45, 2.75) is 45.4 Å². The molecule has 10 nitrogen and oxygen atoms in total. The Hall–Kier alpha value is -3.34. The predicted molar refractivity (Wildman–Crippen MR) is 146 cm³/mol. The number of fused-ring (bicyclic) bond motifs is 1. The number of ether oxygens (including phenoxy) is 4. The van der Waals surface area contributed by atoms with E-state index >= 15 is 0 Å². The van der Waals surface area contributed by atoms with Crippen molar-refractivity contribution in [1.29, 1.82) is 0 Å². The Morgan fingerprint density at radius 2 is 1.90 bits per heavy atom. The van der Waals surface area contributed by atoms with E-state index in [0.29, 0.717) is 56.6 Å². The van der Waals surface area contributed by atoms with Crippen molar-refractivity contribution >= 4 is 17.7 Å². The van der Waals surface area contributed by atoms with Gasteiger partial charge >= 0.3 is 6.16 Å². The molecule has 212 valence electrons. The van der Waals surface area contributed by atoms with Gasteiger partial charge in [0.2, 0.25) is 0 Å². The van der Waals surface area contributed by atoms with Crippen LogP contribution in [0.3, 0.4) is 0 Å². The predicted octanol–water partition coefficient (Wildman–Crippen LogP) is 3.88. The van der Waals surface area contributed by atoms with E-state index in [-0.39, 0.29) is 18.6 Å². The fraction of sp³-hybridized carbons (Fsp3) is 0.517. The van der Waals surface area contributed by atoms with Crippen molar-refractivity contribution in [2.75, 3.05) is 58.0 Å². The van der Waals surface area contributed by atoms with Gasteiger partial charge in [-0.05, 0) is 44.9 Å². The first-order valence-electron chi connectivity index (χ1n) is 13.3. The lowest BCUT2D eigenvalue weighted by Gasteiger charge is -2.40. The van der Waals surface area contributed by atoms with Crippen LogP contribution in [0.15, 0.2) is 48.5 Å². The fourth-order valence-electron chi connectivity index (χ4n) is 4.58. The van der Waals surface area contributed by atoms with Gasteiger partial charge in [-0.1, -0.05) is 30.3 Å². The first-order chi connectivity index (χ1) is 18.7. The average molecular weight is 542 g/mol. The fourth-order valence-corrected chi connectivity index (χ4v) is 4.58. The van der Waals surface area contributed by atoms with Crippen molar-refractivity contribution < 1.29 is 33.4 Å². The van der Waals surface area contributed by atoms with Gasteiger partial charge in [0.25, 0.3) is 5.91 Å². The van der Waals surface area contributed by atoms with Crippen LogP contribution in [0.4, 0.5) is 10.5 Å². The third-order valence-corrected chi connectivity index (χ3v) is 6.44. The van der Waals surface area contributed by atoms with E-state index in [2.05, 4.69) is 17.0 Å². The minimum absolute atomic E-state index is 0.0180. The van der Waals surface area contributed by atoms with Gasteiger partial charge in [-0.25, -0.2) is 4.79 Å². The van der Waals surface area contributed by atoms with Gasteiger partial charge in [-0.15, -0.1) is 5.06 Å². The van der Waals surface area contributed by atoms with Gasteiger partial charge in [-0.3, -0.25) is 9.69 Å². The standard InChI is InChI=1S/C29H39N3O7/c1-29(2,3)38-28(34)39-31-15-14-30(18-22-9-6-5-7-10-22)23(19-31)20-36-24-11-12-26-25(17-24)32(13-8-16-35-4)27(33)21-37-26/h5-7,9-12,17,23H,8,13-16,18-21H2,1-4H3. The molecule has 2 aromatic rings. The molecule has 2 heterocycles. The van der Waals surface area contributed by atoms with Crippen molar-refractivity contribution in [3.63, 3.8) is 0 Å². The van der Waals surface area contributed by atoms with Gasteiger partial charge in [-0.2, -0.15) is 0 Å². The number of hydroxylamine groups is 2. The molecule has 1 fully saturated rings. The maximum absolute atomic E-state index is 12.6. The maximum Gasteiger partial charge on any atom is 0.528 e. The molecule has 0 radical (unpaired) electrons. The zero-order valence-corrected chi connectivity index (χ0v) is 23.3. The van der Waals surface area contributed by atoms with Crippen molar-refractivity contribution in [2.24, 2.45) is 0 Å². The summed E-state index contributed by atoms with van der Waals surface area (Å²) in [7, 11) is 1.65. The summed E-state index contributed by atoms with van der Waals surface area (Å²) in [5.74, 6) is 1.19. The second-order valence-corrected chi connectivity index (χ2v) is 10.7. The molecule has 2 aliphatic rings. The molecule has 1 amide bonds. The van der Waals surface area contributed by atoms with Crippen LogP contribution in [-0.4, -0.2) is 86.8 Å². The molecule has 10 heteroatoms. The van der Waals surface area contributed by atoms with Crippen LogP contribution in [0.2, 0.25) is 0 Å². The largest absolute Gasteiger partial charge is 0.528 e. The summed E-state index contributed by atoms with van der Waals surface area (Å²) in [6, 6.07) is 15.7. The molecule has 39 heavy (non-hydrogen) atoms. The summed E-state index contributed by atoms with van der Waals surface area (Å²) < 4.78 is 22.4. The van der Waals surface area contributed by atoms with Crippen LogP contribution in [0.25, 0.3) is 0 Å². The Morgan fingerprint density at radius 1 is 1.10 bits per heavy atom. The molecule has 0 spiro atoms. The number of carbonyl (C=O) groups excluding carboxylic acids is 2. The molecule has 0 aliphatic carbocycles. The summed E-state index contributed by atoms with van der Waals surface area (Å²) in [5, 5.41) is 1.64. The molecule has 0 saturated carbocycles. The molecular weight excluding hydrogens is 502 g/mol. The Morgan fingerprint density at radius 3 is 2.64 bits per heavy atom. The van der Waals surface area contributed by atoms with Crippen molar-refractivity contribution in [3.05, 3.63) is 54.1 Å². The minimum Gasteiger partial charge on any atom is -0.492 e. The molecular formula is C29H39N3O7. The Kier molecular flexibility index (Phi) is 9.66. The van der Waals surface area contributed by atoms with Crippen LogP contribution in [0, 0.1) is 0 Å². The molecule has 1 atom stereocenters. The van der Waals surface area contributed by atoms with Crippen LogP contribution < -0.4 is 14.4 Å². The monoisotopic (exact) mass is 541 g/mol. The summed E-state index contributed by atoms with van der Waals surface area (Å²) >= 11 is 0. The number of methoxy groups -OCH3 is 1. The lowest BCUT2D eigenvalue weighted by atomic mass is 10.1. The normalized spacial score (nSPS) is 18.3. The van der Waals surface area contributed by atoms with Gasteiger partial charge in [0.15, 0.2) is 6.61 Å². The van der Waals surface area contributed by atoms with Gasteiger partial charge < -0.3 is 28.7 Å². The average Bonchev–Trinajstić information content (AvgIpc) is 2.89. The van der Waals surface area contributed by atoms with Crippen molar-refractivity contribution in [1.82, 2.24) is 9.96 Å². The molecule has 0 bridgehead atoms. The molecule has 4 rings (SSSR count). The number of hydrogen-bond acceptors (Lipinski definition) is 9. The second-order valence-electron chi connectivity index (χ2n) is 10.7. The minimum atomic E-state index is -0.716. The first kappa shape index (κ1) is 28.7. The van der Waals surface area contributed by atoms with E-state index in [1.54, 1.807) is 37.8 Å². The van der Waals surface area contributed by atoms with E-state index in [4.69, 9.17) is 23.8 Å². The number of nitrogens with zero attached hydrogens (tertiary/aromatic N) is 3. The lowest BCUT2D eigenvalue weighted by molar-refractivity contribution is -0.171. The topological polar surface area (TPSA) is 90.0 Å². The highest BCUT2D eigenvalue weighted by Gasteiger charge is 2.32. The van der Waals surface area contributed by atoms with Crippen LogP contribution in [0.5, 0.6) is 11.5 Å². The third-order valence-electron chi connectivity index (χ3n) is 6.44. The maximum atomic E-state index is 12.6. The van der Waals surface area contributed by atoms with E-state index in [1.807, 2.05) is 36.4 Å². The zero-order valence-electron chi connectivity index (χ0n) is 23.3. The van der Waals surface area contributed by atoms with Crippen LogP contribution in [0.1, 0.15) is 32.8 Å². The number of rotatable bonds is 10. The summed E-state index contributed by atoms with van der Waals surface area (Å²) in [6.45, 7) is 9.34. The zero-order chi connectivity index (χ0) is 27.8. The van der Waals surface area contributed by atoms with Gasteiger partial charge in [0, 0.05) is 46.0 Å². The quantitative estimate of drug-likeness (QED) is 0.328. The highest BCUT2D eigenvalue weighted by molar-refractivity contribution is 5.98.